The van der Waals surface area contributed by atoms with Gasteiger partial charge in [-0.1, -0.05) is 12.2 Å². The summed E-state index contributed by atoms with van der Waals surface area (Å²) in [5.41, 5.74) is 1.65. The fourth-order valence-corrected chi connectivity index (χ4v) is 1.99. The van der Waals surface area contributed by atoms with E-state index < -0.39 is 0 Å². The number of nitrogens with zero attached hydrogens (tertiary/aromatic N) is 1. The molecule has 1 aromatic carbocycles. The molecule has 2 aromatic rings. The first-order valence-electron chi connectivity index (χ1n) is 6.20. The van der Waals surface area contributed by atoms with E-state index in [1.165, 1.54) is 0 Å². The van der Waals surface area contributed by atoms with Gasteiger partial charge in [-0.2, -0.15) is 0 Å². The van der Waals surface area contributed by atoms with Crippen LogP contribution in [0.25, 0.3) is 11.3 Å². The highest BCUT2D eigenvalue weighted by atomic mass is 32.1. The summed E-state index contributed by atoms with van der Waals surface area (Å²) in [5, 5.41) is 0. The second kappa shape index (κ2) is 6.33. The average molecular weight is 276 g/mol. The van der Waals surface area contributed by atoms with Crippen molar-refractivity contribution >= 4 is 12.2 Å². The van der Waals surface area contributed by atoms with Crippen LogP contribution in [0.1, 0.15) is 13.8 Å². The fourth-order valence-electron chi connectivity index (χ4n) is 1.76. The molecule has 0 saturated carbocycles. The molecular weight excluding hydrogens is 260 g/mol. The van der Waals surface area contributed by atoms with Crippen LogP contribution in [0.4, 0.5) is 0 Å². The standard InChI is InChI=1S/C14H16N2O2S/c1-3-17-11-6-5-10(9-12(11)18-4-2)13-14(19)16-8-7-15-13/h5-9H,3-4H2,1-2H3,(H,16,19). The molecule has 4 nitrogen and oxygen atoms in total. The molecule has 2 rings (SSSR count). The first kappa shape index (κ1) is 13.5. The summed E-state index contributed by atoms with van der Waals surface area (Å²) in [5.74, 6) is 1.45. The monoisotopic (exact) mass is 276 g/mol. The number of aromatic nitrogens is 2. The Kier molecular flexibility index (Phi) is 4.52. The molecule has 0 saturated heterocycles. The van der Waals surface area contributed by atoms with E-state index in [0.29, 0.717) is 23.6 Å². The van der Waals surface area contributed by atoms with Crippen LogP contribution in [0.2, 0.25) is 0 Å². The van der Waals surface area contributed by atoms with E-state index in [1.54, 1.807) is 12.4 Å². The van der Waals surface area contributed by atoms with E-state index in [9.17, 15) is 0 Å². The van der Waals surface area contributed by atoms with Gasteiger partial charge in [0.05, 0.1) is 13.2 Å². The number of rotatable bonds is 5. The molecule has 0 aliphatic carbocycles. The van der Waals surface area contributed by atoms with Crippen molar-refractivity contribution in [2.45, 2.75) is 13.8 Å². The maximum absolute atomic E-state index is 5.59. The zero-order valence-electron chi connectivity index (χ0n) is 11.0. The van der Waals surface area contributed by atoms with E-state index in [-0.39, 0.29) is 0 Å². The number of hydrogen-bond donors (Lipinski definition) is 1. The topological polar surface area (TPSA) is 47.1 Å². The normalized spacial score (nSPS) is 10.2. The van der Waals surface area contributed by atoms with E-state index in [2.05, 4.69) is 9.97 Å². The van der Waals surface area contributed by atoms with Crippen LogP contribution in [0.15, 0.2) is 30.6 Å². The summed E-state index contributed by atoms with van der Waals surface area (Å²) in [6.07, 6.45) is 3.39. The summed E-state index contributed by atoms with van der Waals surface area (Å²) < 4.78 is 11.7. The molecule has 100 valence electrons. The molecule has 0 atom stereocenters. The zero-order chi connectivity index (χ0) is 13.7. The minimum Gasteiger partial charge on any atom is -0.490 e. The molecule has 0 fully saturated rings. The van der Waals surface area contributed by atoms with Gasteiger partial charge in [0.1, 0.15) is 10.3 Å². The Morgan fingerprint density at radius 1 is 1.16 bits per heavy atom. The maximum Gasteiger partial charge on any atom is 0.161 e. The molecule has 1 N–H and O–H groups in total. The van der Waals surface area contributed by atoms with Crippen molar-refractivity contribution in [1.29, 1.82) is 0 Å². The molecule has 1 heterocycles. The summed E-state index contributed by atoms with van der Waals surface area (Å²) >= 11 is 5.24. The largest absolute Gasteiger partial charge is 0.490 e. The molecule has 0 spiro atoms. The molecule has 0 radical (unpaired) electrons. The van der Waals surface area contributed by atoms with Gasteiger partial charge in [0.2, 0.25) is 0 Å². The minimum absolute atomic E-state index is 0.582. The first-order chi connectivity index (χ1) is 9.26. The van der Waals surface area contributed by atoms with Gasteiger partial charge < -0.3 is 14.5 Å². The van der Waals surface area contributed by atoms with Crippen molar-refractivity contribution in [2.75, 3.05) is 13.2 Å². The maximum atomic E-state index is 5.59. The first-order valence-corrected chi connectivity index (χ1v) is 6.60. The Hall–Kier alpha value is -1.88. The second-order valence-corrected chi connectivity index (χ2v) is 4.20. The Morgan fingerprint density at radius 3 is 2.58 bits per heavy atom. The molecule has 0 aliphatic rings. The average Bonchev–Trinajstić information content (AvgIpc) is 2.42. The second-order valence-electron chi connectivity index (χ2n) is 3.79. The SMILES string of the molecule is CCOc1ccc(-c2ncc[nH]c2=S)cc1OCC. The van der Waals surface area contributed by atoms with Gasteiger partial charge in [0.25, 0.3) is 0 Å². The summed E-state index contributed by atoms with van der Waals surface area (Å²) in [6, 6.07) is 5.72. The summed E-state index contributed by atoms with van der Waals surface area (Å²) in [7, 11) is 0. The van der Waals surface area contributed by atoms with Crippen molar-refractivity contribution < 1.29 is 9.47 Å². The number of benzene rings is 1. The third kappa shape index (κ3) is 3.12. The van der Waals surface area contributed by atoms with Gasteiger partial charge >= 0.3 is 0 Å². The van der Waals surface area contributed by atoms with Gasteiger partial charge in [0, 0.05) is 18.0 Å². The van der Waals surface area contributed by atoms with Crippen molar-refractivity contribution in [3.05, 3.63) is 35.2 Å². The zero-order valence-corrected chi connectivity index (χ0v) is 11.8. The molecule has 0 unspecified atom stereocenters. The molecule has 0 bridgehead atoms. The van der Waals surface area contributed by atoms with Crippen molar-refractivity contribution in [1.82, 2.24) is 9.97 Å². The van der Waals surface area contributed by atoms with Gasteiger partial charge in [-0.25, -0.2) is 0 Å². The third-order valence-electron chi connectivity index (χ3n) is 2.52. The Morgan fingerprint density at radius 2 is 1.89 bits per heavy atom. The number of nitrogens with one attached hydrogen (secondary N) is 1. The van der Waals surface area contributed by atoms with Crippen molar-refractivity contribution in [3.8, 4) is 22.8 Å². The van der Waals surface area contributed by atoms with Crippen molar-refractivity contribution in [3.63, 3.8) is 0 Å². The van der Waals surface area contributed by atoms with Crippen LogP contribution < -0.4 is 9.47 Å². The van der Waals surface area contributed by atoms with Crippen LogP contribution in [0.3, 0.4) is 0 Å². The van der Waals surface area contributed by atoms with Crippen LogP contribution in [-0.2, 0) is 0 Å². The number of hydrogen-bond acceptors (Lipinski definition) is 4. The Balaban J connectivity index is 2.46. The lowest BCUT2D eigenvalue weighted by Gasteiger charge is -2.12. The highest BCUT2D eigenvalue weighted by molar-refractivity contribution is 7.71. The third-order valence-corrected chi connectivity index (χ3v) is 2.84. The molecule has 0 aliphatic heterocycles. The molecular formula is C14H16N2O2S. The van der Waals surface area contributed by atoms with Crippen molar-refractivity contribution in [2.24, 2.45) is 0 Å². The molecule has 5 heteroatoms. The molecule has 19 heavy (non-hydrogen) atoms. The van der Waals surface area contributed by atoms with Gasteiger partial charge in [-0.3, -0.25) is 4.98 Å². The summed E-state index contributed by atoms with van der Waals surface area (Å²) in [6.45, 7) is 5.07. The van der Waals surface area contributed by atoms with Gasteiger partial charge in [-0.15, -0.1) is 0 Å². The number of H-pyrrole nitrogens is 1. The summed E-state index contributed by atoms with van der Waals surface area (Å²) in [4.78, 5) is 7.26. The predicted molar refractivity (Wildman–Crippen MR) is 77.2 cm³/mol. The lowest BCUT2D eigenvalue weighted by molar-refractivity contribution is 0.288. The van der Waals surface area contributed by atoms with E-state index in [4.69, 9.17) is 21.7 Å². The minimum atomic E-state index is 0.582. The highest BCUT2D eigenvalue weighted by Gasteiger charge is 2.09. The van der Waals surface area contributed by atoms with Gasteiger partial charge in [-0.05, 0) is 32.0 Å². The predicted octanol–water partition coefficient (Wildman–Crippen LogP) is 3.60. The Bertz CT molecular complexity index is 610. The Labute approximate surface area is 117 Å². The van der Waals surface area contributed by atoms with Gasteiger partial charge in [0.15, 0.2) is 11.5 Å². The van der Waals surface area contributed by atoms with E-state index in [0.717, 1.165) is 17.0 Å². The highest BCUT2D eigenvalue weighted by Crippen LogP contribution is 2.32. The smallest absolute Gasteiger partial charge is 0.161 e. The van der Waals surface area contributed by atoms with Crippen LogP contribution in [-0.4, -0.2) is 23.2 Å². The number of ether oxygens (including phenoxy) is 2. The number of aromatic amines is 1. The lowest BCUT2D eigenvalue weighted by Crippen LogP contribution is -1.99. The fraction of sp³-hybridized carbons (Fsp3) is 0.286. The lowest BCUT2D eigenvalue weighted by atomic mass is 10.1. The van der Waals surface area contributed by atoms with E-state index >= 15 is 0 Å². The molecule has 0 amide bonds. The molecule has 1 aromatic heterocycles. The van der Waals surface area contributed by atoms with E-state index in [1.807, 2.05) is 32.0 Å². The van der Waals surface area contributed by atoms with Crippen LogP contribution >= 0.6 is 12.2 Å². The van der Waals surface area contributed by atoms with Crippen LogP contribution in [0.5, 0.6) is 11.5 Å². The van der Waals surface area contributed by atoms with Crippen LogP contribution in [0, 0.1) is 4.64 Å². The quantitative estimate of drug-likeness (QED) is 0.848.